The Balaban J connectivity index is 1.69. The van der Waals surface area contributed by atoms with Crippen LogP contribution in [0.25, 0.3) is 6.08 Å². The molecule has 168 valence electrons. The van der Waals surface area contributed by atoms with Gasteiger partial charge in [0.05, 0.1) is 19.8 Å². The Bertz CT molecular complexity index is 1260. The fourth-order valence-corrected chi connectivity index (χ4v) is 5.09. The molecule has 0 radical (unpaired) electrons. The fourth-order valence-electron chi connectivity index (χ4n) is 5.09. The Morgan fingerprint density at radius 1 is 1.03 bits per heavy atom. The van der Waals surface area contributed by atoms with E-state index in [-0.39, 0.29) is 6.10 Å². The number of rotatable bonds is 4. The first-order valence-electron chi connectivity index (χ1n) is 11.1. The lowest BCUT2D eigenvalue weighted by Gasteiger charge is -2.36. The number of methoxy groups -OCH3 is 2. The van der Waals surface area contributed by atoms with Crippen molar-refractivity contribution in [1.82, 2.24) is 0 Å². The zero-order chi connectivity index (χ0) is 23.2. The molecule has 0 saturated heterocycles. The number of hydrogen-bond donors (Lipinski definition) is 1. The van der Waals surface area contributed by atoms with Crippen molar-refractivity contribution in [1.29, 1.82) is 0 Å². The summed E-state index contributed by atoms with van der Waals surface area (Å²) in [4.78, 5) is 12.5. The predicted octanol–water partition coefficient (Wildman–Crippen LogP) is 4.94. The molecule has 2 atom stereocenters. The highest BCUT2D eigenvalue weighted by atomic mass is 16.5. The van der Waals surface area contributed by atoms with Crippen molar-refractivity contribution in [2.45, 2.75) is 31.3 Å². The van der Waals surface area contributed by atoms with Crippen LogP contribution in [0.4, 0.5) is 5.69 Å². The predicted molar refractivity (Wildman–Crippen MR) is 129 cm³/mol. The minimum absolute atomic E-state index is 0.181. The summed E-state index contributed by atoms with van der Waals surface area (Å²) >= 11 is 0. The topological polar surface area (TPSA) is 70.8 Å². The number of benzene rings is 3. The van der Waals surface area contributed by atoms with Crippen molar-refractivity contribution in [3.05, 3.63) is 94.1 Å². The normalized spacial score (nSPS) is 20.5. The molecule has 0 bridgehead atoms. The summed E-state index contributed by atoms with van der Waals surface area (Å²) in [7, 11) is 3.05. The van der Waals surface area contributed by atoms with Crippen molar-refractivity contribution in [2.24, 2.45) is 0 Å². The Kier molecular flexibility index (Phi) is 5.12. The molecule has 1 aliphatic heterocycles. The Labute approximate surface area is 193 Å². The molecular formula is C28H27NO4. The SMILES string of the molecule is COC(=O)c1c(N)ccc2c1C=CC(c1ccc(OC)cc1)(c1ccc3c(c1)CC(C)O3)C2. The van der Waals surface area contributed by atoms with Gasteiger partial charge in [-0.2, -0.15) is 0 Å². The number of hydrogen-bond acceptors (Lipinski definition) is 5. The molecule has 2 unspecified atom stereocenters. The monoisotopic (exact) mass is 441 g/mol. The first-order chi connectivity index (χ1) is 15.9. The number of allylic oxidation sites excluding steroid dienone is 1. The van der Waals surface area contributed by atoms with Crippen LogP contribution in [-0.2, 0) is 23.0 Å². The highest BCUT2D eigenvalue weighted by Crippen LogP contribution is 2.45. The van der Waals surface area contributed by atoms with E-state index in [1.807, 2.05) is 24.3 Å². The zero-order valence-electron chi connectivity index (χ0n) is 19.1. The summed E-state index contributed by atoms with van der Waals surface area (Å²) in [6.07, 6.45) is 5.96. The third-order valence-corrected chi connectivity index (χ3v) is 6.78. The summed E-state index contributed by atoms with van der Waals surface area (Å²) in [6.45, 7) is 2.09. The lowest BCUT2D eigenvalue weighted by atomic mass is 9.66. The smallest absolute Gasteiger partial charge is 0.340 e. The van der Waals surface area contributed by atoms with Gasteiger partial charge in [0.2, 0.25) is 0 Å². The molecule has 3 aromatic carbocycles. The maximum atomic E-state index is 12.5. The van der Waals surface area contributed by atoms with Crippen LogP contribution in [0.15, 0.2) is 60.7 Å². The number of fused-ring (bicyclic) bond motifs is 2. The summed E-state index contributed by atoms with van der Waals surface area (Å²) in [5.41, 5.74) is 12.0. The molecule has 33 heavy (non-hydrogen) atoms. The van der Waals surface area contributed by atoms with Gasteiger partial charge in [0.25, 0.3) is 0 Å². The highest BCUT2D eigenvalue weighted by molar-refractivity contribution is 6.00. The van der Waals surface area contributed by atoms with Crippen LogP contribution < -0.4 is 15.2 Å². The van der Waals surface area contributed by atoms with Crippen LogP contribution in [-0.4, -0.2) is 26.3 Å². The van der Waals surface area contributed by atoms with E-state index in [1.54, 1.807) is 13.2 Å². The summed E-state index contributed by atoms with van der Waals surface area (Å²) in [5.74, 6) is 1.35. The van der Waals surface area contributed by atoms with Crippen LogP contribution in [0.5, 0.6) is 11.5 Å². The highest BCUT2D eigenvalue weighted by Gasteiger charge is 2.37. The Hall–Kier alpha value is -3.73. The van der Waals surface area contributed by atoms with Gasteiger partial charge >= 0.3 is 5.97 Å². The second-order valence-electron chi connectivity index (χ2n) is 8.76. The first-order valence-corrected chi connectivity index (χ1v) is 11.1. The van der Waals surface area contributed by atoms with Crippen LogP contribution in [0.1, 0.15) is 45.1 Å². The van der Waals surface area contributed by atoms with E-state index in [1.165, 1.54) is 18.2 Å². The van der Waals surface area contributed by atoms with E-state index in [2.05, 4.69) is 43.3 Å². The average Bonchev–Trinajstić information content (AvgIpc) is 3.22. The largest absolute Gasteiger partial charge is 0.497 e. The summed E-state index contributed by atoms with van der Waals surface area (Å²) in [6, 6.07) is 18.5. The number of ether oxygens (including phenoxy) is 3. The van der Waals surface area contributed by atoms with Gasteiger partial charge in [-0.3, -0.25) is 0 Å². The summed E-state index contributed by atoms with van der Waals surface area (Å²) < 4.78 is 16.3. The maximum absolute atomic E-state index is 12.5. The van der Waals surface area contributed by atoms with Gasteiger partial charge in [0, 0.05) is 17.5 Å². The number of nitrogens with two attached hydrogens (primary N) is 1. The molecule has 0 spiro atoms. The van der Waals surface area contributed by atoms with Gasteiger partial charge in [0.15, 0.2) is 0 Å². The van der Waals surface area contributed by atoms with Crippen LogP contribution in [0.3, 0.4) is 0 Å². The fraction of sp³-hybridized carbons (Fsp3) is 0.250. The van der Waals surface area contributed by atoms with Crippen molar-refractivity contribution in [3.63, 3.8) is 0 Å². The van der Waals surface area contributed by atoms with Crippen LogP contribution >= 0.6 is 0 Å². The third kappa shape index (κ3) is 3.44. The Morgan fingerprint density at radius 3 is 2.52 bits per heavy atom. The molecule has 2 N–H and O–H groups in total. The molecule has 2 aliphatic rings. The molecule has 5 heteroatoms. The Morgan fingerprint density at radius 2 is 1.79 bits per heavy atom. The van der Waals surface area contributed by atoms with Crippen molar-refractivity contribution >= 4 is 17.7 Å². The first kappa shape index (κ1) is 21.1. The molecule has 0 saturated carbocycles. The number of nitrogen functional groups attached to an aromatic ring is 1. The number of anilines is 1. The standard InChI is InChI=1S/C28H27NO4/c1-17-14-19-15-21(7-11-25(19)33-17)28(20-5-8-22(31-2)9-6-20)13-12-23-18(16-28)4-10-24(29)26(23)27(30)32-3/h4-13,15,17H,14,16,29H2,1-3H3. The van der Waals surface area contributed by atoms with Gasteiger partial charge in [0.1, 0.15) is 17.6 Å². The van der Waals surface area contributed by atoms with E-state index >= 15 is 0 Å². The quantitative estimate of drug-likeness (QED) is 0.459. The van der Waals surface area contributed by atoms with Gasteiger partial charge in [-0.1, -0.05) is 42.5 Å². The molecule has 0 amide bonds. The molecule has 1 aliphatic carbocycles. The van der Waals surface area contributed by atoms with Crippen LogP contribution in [0.2, 0.25) is 0 Å². The second-order valence-corrected chi connectivity index (χ2v) is 8.76. The van der Waals surface area contributed by atoms with Gasteiger partial charge in [-0.05, 0) is 65.4 Å². The number of carbonyl (C=O) groups is 1. The lowest BCUT2D eigenvalue weighted by molar-refractivity contribution is 0.0601. The van der Waals surface area contributed by atoms with E-state index in [4.69, 9.17) is 19.9 Å². The molecule has 0 fully saturated rings. The number of esters is 1. The number of carbonyl (C=O) groups excluding carboxylic acids is 1. The van der Waals surface area contributed by atoms with E-state index in [9.17, 15) is 4.79 Å². The van der Waals surface area contributed by atoms with E-state index in [0.717, 1.165) is 34.6 Å². The molecule has 5 rings (SSSR count). The van der Waals surface area contributed by atoms with E-state index in [0.29, 0.717) is 17.7 Å². The molecular weight excluding hydrogens is 414 g/mol. The van der Waals surface area contributed by atoms with Crippen molar-refractivity contribution in [2.75, 3.05) is 20.0 Å². The molecule has 5 nitrogen and oxygen atoms in total. The maximum Gasteiger partial charge on any atom is 0.340 e. The molecule has 1 heterocycles. The molecule has 0 aromatic heterocycles. The van der Waals surface area contributed by atoms with Gasteiger partial charge < -0.3 is 19.9 Å². The van der Waals surface area contributed by atoms with Crippen molar-refractivity contribution in [3.8, 4) is 11.5 Å². The van der Waals surface area contributed by atoms with Crippen LogP contribution in [0, 0.1) is 0 Å². The lowest BCUT2D eigenvalue weighted by Crippen LogP contribution is -2.31. The van der Waals surface area contributed by atoms with Gasteiger partial charge in [-0.25, -0.2) is 4.79 Å². The minimum Gasteiger partial charge on any atom is -0.497 e. The second kappa shape index (κ2) is 8.00. The average molecular weight is 442 g/mol. The minimum atomic E-state index is -0.422. The van der Waals surface area contributed by atoms with Crippen molar-refractivity contribution < 1.29 is 19.0 Å². The molecule has 3 aromatic rings. The zero-order valence-corrected chi connectivity index (χ0v) is 19.1. The summed E-state index contributed by atoms with van der Waals surface area (Å²) in [5, 5.41) is 0. The third-order valence-electron chi connectivity index (χ3n) is 6.78. The van der Waals surface area contributed by atoms with E-state index < -0.39 is 11.4 Å². The van der Waals surface area contributed by atoms with Gasteiger partial charge in [-0.15, -0.1) is 0 Å².